The number of carbonyl (C=O) groups excluding carboxylic acids is 1. The van der Waals surface area contributed by atoms with Crippen LogP contribution in [0.4, 0.5) is 15.8 Å². The van der Waals surface area contributed by atoms with Gasteiger partial charge in [0.25, 0.3) is 0 Å². The molecule has 1 heterocycles. The highest BCUT2D eigenvalue weighted by atomic mass is 19.1. The average molecular weight is 355 g/mol. The molecule has 1 N–H and O–H groups in total. The Kier molecular flexibility index (Phi) is 5.89. The van der Waals surface area contributed by atoms with Crippen LogP contribution in [0, 0.1) is 19.7 Å². The summed E-state index contributed by atoms with van der Waals surface area (Å²) in [4.78, 5) is 16.8. The van der Waals surface area contributed by atoms with E-state index in [1.54, 1.807) is 0 Å². The summed E-state index contributed by atoms with van der Waals surface area (Å²) in [5, 5.41) is 2.99. The second-order valence-corrected chi connectivity index (χ2v) is 6.98. The molecule has 26 heavy (non-hydrogen) atoms. The van der Waals surface area contributed by atoms with Gasteiger partial charge in [0.15, 0.2) is 0 Å². The molecule has 0 radical (unpaired) electrons. The highest BCUT2D eigenvalue weighted by Gasteiger charge is 2.18. The van der Waals surface area contributed by atoms with E-state index in [9.17, 15) is 9.18 Å². The number of anilines is 2. The van der Waals surface area contributed by atoms with E-state index >= 15 is 0 Å². The number of piperazine rings is 1. The maximum Gasteiger partial charge on any atom is 0.225 e. The molecule has 1 fully saturated rings. The van der Waals surface area contributed by atoms with Crippen LogP contribution in [0.5, 0.6) is 0 Å². The van der Waals surface area contributed by atoms with Crippen molar-refractivity contribution in [3.8, 4) is 0 Å². The van der Waals surface area contributed by atoms with Gasteiger partial charge in [0, 0.05) is 50.5 Å². The van der Waals surface area contributed by atoms with Crippen molar-refractivity contribution in [1.82, 2.24) is 4.90 Å². The third-order valence-electron chi connectivity index (χ3n) is 4.72. The molecule has 0 spiro atoms. The lowest BCUT2D eigenvalue weighted by Crippen LogP contribution is -2.47. The van der Waals surface area contributed by atoms with Crippen molar-refractivity contribution in [1.29, 1.82) is 0 Å². The molecule has 0 atom stereocenters. The largest absolute Gasteiger partial charge is 0.369 e. The molecule has 0 aromatic heterocycles. The molecule has 5 heteroatoms. The maximum absolute atomic E-state index is 13.0. The van der Waals surface area contributed by atoms with Gasteiger partial charge in [0.2, 0.25) is 5.91 Å². The average Bonchev–Trinajstić information content (AvgIpc) is 2.60. The van der Waals surface area contributed by atoms with Crippen molar-refractivity contribution in [2.75, 3.05) is 42.9 Å². The van der Waals surface area contributed by atoms with E-state index in [0.717, 1.165) is 55.2 Å². The molecule has 1 saturated heterocycles. The minimum absolute atomic E-state index is 0.0518. The van der Waals surface area contributed by atoms with Crippen LogP contribution < -0.4 is 10.2 Å². The van der Waals surface area contributed by atoms with Crippen LogP contribution in [0.1, 0.15) is 17.5 Å². The summed E-state index contributed by atoms with van der Waals surface area (Å²) in [5.74, 6) is -0.154. The Hall–Kier alpha value is -2.40. The van der Waals surface area contributed by atoms with Crippen molar-refractivity contribution in [3.05, 3.63) is 59.4 Å². The molecule has 0 saturated carbocycles. The van der Waals surface area contributed by atoms with Gasteiger partial charge in [-0.2, -0.15) is 0 Å². The number of halogens is 1. The van der Waals surface area contributed by atoms with Crippen LogP contribution in [0.25, 0.3) is 0 Å². The van der Waals surface area contributed by atoms with Gasteiger partial charge in [0.1, 0.15) is 5.82 Å². The van der Waals surface area contributed by atoms with Gasteiger partial charge in [-0.05, 0) is 61.4 Å². The number of carbonyl (C=O) groups is 1. The molecule has 1 amide bonds. The first kappa shape index (κ1) is 18.4. The number of hydrogen-bond donors (Lipinski definition) is 1. The molecule has 138 valence electrons. The predicted molar refractivity (Wildman–Crippen MR) is 104 cm³/mol. The lowest BCUT2D eigenvalue weighted by atomic mass is 10.1. The maximum atomic E-state index is 13.0. The molecule has 3 rings (SSSR count). The highest BCUT2D eigenvalue weighted by Crippen LogP contribution is 2.17. The second kappa shape index (κ2) is 8.32. The van der Waals surface area contributed by atoms with Crippen molar-refractivity contribution in [2.24, 2.45) is 0 Å². The molecular formula is C21H26FN3O. The molecule has 1 aliphatic rings. The van der Waals surface area contributed by atoms with E-state index in [2.05, 4.69) is 21.2 Å². The van der Waals surface area contributed by atoms with Gasteiger partial charge in [-0.1, -0.05) is 6.07 Å². The van der Waals surface area contributed by atoms with E-state index in [-0.39, 0.29) is 11.7 Å². The van der Waals surface area contributed by atoms with Crippen molar-refractivity contribution < 1.29 is 9.18 Å². The van der Waals surface area contributed by atoms with Gasteiger partial charge < -0.3 is 10.2 Å². The normalized spacial score (nSPS) is 15.1. The minimum atomic E-state index is -0.206. The highest BCUT2D eigenvalue weighted by molar-refractivity contribution is 5.91. The quantitative estimate of drug-likeness (QED) is 0.890. The summed E-state index contributed by atoms with van der Waals surface area (Å²) in [7, 11) is 0. The fourth-order valence-electron chi connectivity index (χ4n) is 3.41. The van der Waals surface area contributed by atoms with Crippen LogP contribution >= 0.6 is 0 Å². The molecular weight excluding hydrogens is 329 g/mol. The van der Waals surface area contributed by atoms with E-state index in [0.29, 0.717) is 6.42 Å². The number of nitrogens with zero attached hydrogens (tertiary/aromatic N) is 2. The lowest BCUT2D eigenvalue weighted by molar-refractivity contribution is -0.116. The van der Waals surface area contributed by atoms with Gasteiger partial charge in [0.05, 0.1) is 0 Å². The van der Waals surface area contributed by atoms with Crippen molar-refractivity contribution in [2.45, 2.75) is 20.3 Å². The second-order valence-electron chi connectivity index (χ2n) is 6.98. The molecule has 0 unspecified atom stereocenters. The Morgan fingerprint density at radius 2 is 1.62 bits per heavy atom. The Bertz CT molecular complexity index is 732. The van der Waals surface area contributed by atoms with Crippen LogP contribution in [0.3, 0.4) is 0 Å². The SMILES string of the molecule is Cc1cc(C)cc(NC(=O)CCN2CCN(c3ccc(F)cc3)CC2)c1. The number of hydrogen-bond acceptors (Lipinski definition) is 3. The van der Waals surface area contributed by atoms with E-state index in [1.165, 1.54) is 12.1 Å². The zero-order valence-corrected chi connectivity index (χ0v) is 15.5. The molecule has 2 aromatic carbocycles. The van der Waals surface area contributed by atoms with E-state index in [4.69, 9.17) is 0 Å². The Morgan fingerprint density at radius 3 is 2.23 bits per heavy atom. The minimum Gasteiger partial charge on any atom is -0.369 e. The Labute approximate surface area is 154 Å². The predicted octanol–water partition coefficient (Wildman–Crippen LogP) is 3.59. The van der Waals surface area contributed by atoms with Crippen molar-refractivity contribution >= 4 is 17.3 Å². The monoisotopic (exact) mass is 355 g/mol. The Balaban J connectivity index is 1.43. The van der Waals surface area contributed by atoms with Crippen molar-refractivity contribution in [3.63, 3.8) is 0 Å². The molecule has 1 aliphatic heterocycles. The van der Waals surface area contributed by atoms with Crippen LogP contribution in [-0.2, 0) is 4.79 Å². The molecule has 0 bridgehead atoms. The molecule has 4 nitrogen and oxygen atoms in total. The summed E-state index contributed by atoms with van der Waals surface area (Å²) in [6.07, 6.45) is 0.490. The first-order valence-corrected chi connectivity index (χ1v) is 9.10. The number of amides is 1. The summed E-state index contributed by atoms with van der Waals surface area (Å²) in [6, 6.07) is 12.7. The van der Waals surface area contributed by atoms with E-state index < -0.39 is 0 Å². The number of nitrogens with one attached hydrogen (secondary N) is 1. The number of rotatable bonds is 5. The standard InChI is InChI=1S/C21H26FN3O/c1-16-13-17(2)15-19(14-16)23-21(26)7-8-24-9-11-25(12-10-24)20-5-3-18(22)4-6-20/h3-6,13-15H,7-12H2,1-2H3,(H,23,26). The van der Waals surface area contributed by atoms with E-state index in [1.807, 2.05) is 38.1 Å². The van der Waals surface area contributed by atoms with Gasteiger partial charge in [-0.3, -0.25) is 9.69 Å². The Morgan fingerprint density at radius 1 is 1.00 bits per heavy atom. The first-order valence-electron chi connectivity index (χ1n) is 9.10. The summed E-state index contributed by atoms with van der Waals surface area (Å²) in [5.41, 5.74) is 4.22. The van der Waals surface area contributed by atoms with Gasteiger partial charge in [-0.25, -0.2) is 4.39 Å². The third kappa shape index (κ3) is 5.05. The lowest BCUT2D eigenvalue weighted by Gasteiger charge is -2.36. The van der Waals surface area contributed by atoms with Crippen LogP contribution in [0.2, 0.25) is 0 Å². The summed E-state index contributed by atoms with van der Waals surface area (Å²) >= 11 is 0. The zero-order chi connectivity index (χ0) is 18.5. The molecule has 0 aliphatic carbocycles. The zero-order valence-electron chi connectivity index (χ0n) is 15.5. The van der Waals surface area contributed by atoms with Gasteiger partial charge >= 0.3 is 0 Å². The topological polar surface area (TPSA) is 35.6 Å². The number of aryl methyl sites for hydroxylation is 2. The molecule has 2 aromatic rings. The first-order chi connectivity index (χ1) is 12.5. The fourth-order valence-corrected chi connectivity index (χ4v) is 3.41. The summed E-state index contributed by atoms with van der Waals surface area (Å²) < 4.78 is 13.0. The van der Waals surface area contributed by atoms with Crippen LogP contribution in [0.15, 0.2) is 42.5 Å². The smallest absolute Gasteiger partial charge is 0.225 e. The number of benzene rings is 2. The fraction of sp³-hybridized carbons (Fsp3) is 0.381. The summed E-state index contributed by atoms with van der Waals surface area (Å²) in [6.45, 7) is 8.43. The van der Waals surface area contributed by atoms with Gasteiger partial charge in [-0.15, -0.1) is 0 Å². The third-order valence-corrected chi connectivity index (χ3v) is 4.72. The van der Waals surface area contributed by atoms with Crippen LogP contribution in [-0.4, -0.2) is 43.5 Å².